The monoisotopic (exact) mass is 197 g/mol. The maximum atomic E-state index is 10.8. The first-order valence-electron chi connectivity index (χ1n) is 4.55. The normalized spacial score (nSPS) is 10.4. The molecule has 1 heterocycles. The lowest BCUT2D eigenvalue weighted by Gasteiger charge is -2.08. The van der Waals surface area contributed by atoms with Crippen molar-refractivity contribution in [2.45, 2.75) is 19.9 Å². The van der Waals surface area contributed by atoms with E-state index in [4.69, 9.17) is 9.84 Å². The number of ether oxygens (including phenoxy) is 1. The summed E-state index contributed by atoms with van der Waals surface area (Å²) in [6.07, 6.45) is 0.826. The van der Waals surface area contributed by atoms with Gasteiger partial charge in [-0.2, -0.15) is 0 Å². The molecule has 78 valence electrons. The molecule has 1 rings (SSSR count). The molecule has 0 atom stereocenters. The second-order valence-corrected chi connectivity index (χ2v) is 3.16. The minimum absolute atomic E-state index is 0.346. The van der Waals surface area contributed by atoms with E-state index < -0.39 is 5.97 Å². The van der Waals surface area contributed by atoms with Crippen LogP contribution in [0.1, 0.15) is 22.6 Å². The number of carboxylic acids is 1. The van der Waals surface area contributed by atoms with Crippen molar-refractivity contribution in [1.29, 1.82) is 0 Å². The Labute approximate surface area is 83.1 Å². The summed E-state index contributed by atoms with van der Waals surface area (Å²) in [6, 6.07) is 3.45. The van der Waals surface area contributed by atoms with Crippen molar-refractivity contribution in [3.63, 3.8) is 0 Å². The van der Waals surface area contributed by atoms with Crippen molar-refractivity contribution in [3.8, 4) is 0 Å². The Hall–Kier alpha value is -1.29. The van der Waals surface area contributed by atoms with E-state index in [2.05, 4.69) is 0 Å². The standard InChI is InChI=1S/C10H15NO3/c1-8-4-5-9(10(12)13)11(8)6-3-7-14-2/h4-5H,3,6-7H2,1-2H3,(H,12,13). The molecule has 0 aliphatic rings. The third-order valence-corrected chi connectivity index (χ3v) is 2.15. The van der Waals surface area contributed by atoms with Gasteiger partial charge >= 0.3 is 5.97 Å². The van der Waals surface area contributed by atoms with Gasteiger partial charge in [-0.25, -0.2) is 4.79 Å². The number of aromatic carboxylic acids is 1. The van der Waals surface area contributed by atoms with Crippen molar-refractivity contribution >= 4 is 5.97 Å². The summed E-state index contributed by atoms with van der Waals surface area (Å²) in [6.45, 7) is 3.24. The van der Waals surface area contributed by atoms with Gasteiger partial charge in [0.05, 0.1) is 0 Å². The minimum Gasteiger partial charge on any atom is -0.477 e. The molecule has 4 heteroatoms. The van der Waals surface area contributed by atoms with Crippen LogP contribution >= 0.6 is 0 Å². The van der Waals surface area contributed by atoms with Gasteiger partial charge in [0.2, 0.25) is 0 Å². The zero-order chi connectivity index (χ0) is 10.6. The van der Waals surface area contributed by atoms with E-state index in [9.17, 15) is 4.79 Å². The summed E-state index contributed by atoms with van der Waals surface area (Å²) >= 11 is 0. The van der Waals surface area contributed by atoms with Gasteiger partial charge < -0.3 is 14.4 Å². The summed E-state index contributed by atoms with van der Waals surface area (Å²) in [5.74, 6) is -0.879. The van der Waals surface area contributed by atoms with E-state index in [1.165, 1.54) is 0 Å². The number of rotatable bonds is 5. The number of carboxylic acid groups (broad SMARTS) is 1. The van der Waals surface area contributed by atoms with Gasteiger partial charge in [0.15, 0.2) is 0 Å². The minimum atomic E-state index is -0.879. The van der Waals surface area contributed by atoms with Gasteiger partial charge in [-0.1, -0.05) is 0 Å². The van der Waals surface area contributed by atoms with Gasteiger partial charge in [-0.05, 0) is 25.5 Å². The fourth-order valence-corrected chi connectivity index (χ4v) is 1.42. The second-order valence-electron chi connectivity index (χ2n) is 3.16. The van der Waals surface area contributed by atoms with Gasteiger partial charge in [0, 0.05) is 26.0 Å². The number of aromatic nitrogens is 1. The highest BCUT2D eigenvalue weighted by Crippen LogP contribution is 2.09. The molecule has 4 nitrogen and oxygen atoms in total. The predicted octanol–water partition coefficient (Wildman–Crippen LogP) is 1.53. The van der Waals surface area contributed by atoms with Gasteiger partial charge in [0.1, 0.15) is 5.69 Å². The molecule has 0 spiro atoms. The van der Waals surface area contributed by atoms with Crippen LogP contribution in [0.15, 0.2) is 12.1 Å². The molecule has 0 radical (unpaired) electrons. The Morgan fingerprint density at radius 2 is 2.29 bits per heavy atom. The molecule has 0 saturated carbocycles. The van der Waals surface area contributed by atoms with Crippen molar-refractivity contribution in [2.75, 3.05) is 13.7 Å². The smallest absolute Gasteiger partial charge is 0.352 e. The zero-order valence-electron chi connectivity index (χ0n) is 8.49. The van der Waals surface area contributed by atoms with Crippen molar-refractivity contribution < 1.29 is 14.6 Å². The highest BCUT2D eigenvalue weighted by atomic mass is 16.5. The van der Waals surface area contributed by atoms with E-state index in [-0.39, 0.29) is 0 Å². The highest BCUT2D eigenvalue weighted by molar-refractivity contribution is 5.86. The van der Waals surface area contributed by atoms with E-state index in [0.29, 0.717) is 18.8 Å². The largest absolute Gasteiger partial charge is 0.477 e. The van der Waals surface area contributed by atoms with Crippen LogP contribution in [0.2, 0.25) is 0 Å². The molecule has 0 fully saturated rings. The molecular weight excluding hydrogens is 182 g/mol. The Morgan fingerprint density at radius 3 is 2.86 bits per heavy atom. The fourth-order valence-electron chi connectivity index (χ4n) is 1.42. The number of hydrogen-bond donors (Lipinski definition) is 1. The molecule has 0 saturated heterocycles. The number of carbonyl (C=O) groups is 1. The topological polar surface area (TPSA) is 51.5 Å². The van der Waals surface area contributed by atoms with Crippen molar-refractivity contribution in [3.05, 3.63) is 23.5 Å². The van der Waals surface area contributed by atoms with Crippen molar-refractivity contribution in [1.82, 2.24) is 4.57 Å². The first kappa shape index (κ1) is 10.8. The van der Waals surface area contributed by atoms with Crippen LogP contribution in [0.4, 0.5) is 0 Å². The van der Waals surface area contributed by atoms with Crippen LogP contribution in [0.5, 0.6) is 0 Å². The average molecular weight is 197 g/mol. The first-order chi connectivity index (χ1) is 6.66. The number of hydrogen-bond acceptors (Lipinski definition) is 2. The summed E-state index contributed by atoms with van der Waals surface area (Å²) in [5, 5.41) is 8.88. The van der Waals surface area contributed by atoms with Gasteiger partial charge in [-0.3, -0.25) is 0 Å². The average Bonchev–Trinajstić information content (AvgIpc) is 2.48. The number of aryl methyl sites for hydroxylation is 1. The second kappa shape index (κ2) is 4.81. The zero-order valence-corrected chi connectivity index (χ0v) is 8.49. The first-order valence-corrected chi connectivity index (χ1v) is 4.55. The highest BCUT2D eigenvalue weighted by Gasteiger charge is 2.10. The maximum Gasteiger partial charge on any atom is 0.352 e. The Morgan fingerprint density at radius 1 is 1.57 bits per heavy atom. The molecule has 1 aromatic rings. The number of nitrogens with zero attached hydrogens (tertiary/aromatic N) is 1. The van der Waals surface area contributed by atoms with E-state index in [0.717, 1.165) is 12.1 Å². The lowest BCUT2D eigenvalue weighted by molar-refractivity contribution is 0.0683. The Kier molecular flexibility index (Phi) is 3.71. The van der Waals surface area contributed by atoms with E-state index in [1.807, 2.05) is 13.0 Å². The van der Waals surface area contributed by atoms with Crippen LogP contribution < -0.4 is 0 Å². The lowest BCUT2D eigenvalue weighted by atomic mass is 10.4. The van der Waals surface area contributed by atoms with Gasteiger partial charge in [0.25, 0.3) is 0 Å². The molecule has 1 aromatic heterocycles. The third kappa shape index (κ3) is 2.35. The maximum absolute atomic E-state index is 10.8. The Balaban J connectivity index is 2.72. The summed E-state index contributed by atoms with van der Waals surface area (Å²) in [7, 11) is 1.64. The van der Waals surface area contributed by atoms with Crippen molar-refractivity contribution in [2.24, 2.45) is 0 Å². The summed E-state index contributed by atoms with van der Waals surface area (Å²) in [5.41, 5.74) is 1.32. The van der Waals surface area contributed by atoms with E-state index in [1.54, 1.807) is 17.7 Å². The van der Waals surface area contributed by atoms with E-state index >= 15 is 0 Å². The molecular formula is C10H15NO3. The molecule has 0 aliphatic heterocycles. The third-order valence-electron chi connectivity index (χ3n) is 2.15. The summed E-state index contributed by atoms with van der Waals surface area (Å²) in [4.78, 5) is 10.8. The lowest BCUT2D eigenvalue weighted by Crippen LogP contribution is -2.11. The SMILES string of the molecule is COCCCn1c(C)ccc1C(=O)O. The molecule has 14 heavy (non-hydrogen) atoms. The molecule has 1 N–H and O–H groups in total. The van der Waals surface area contributed by atoms with Crippen LogP contribution in [-0.4, -0.2) is 29.4 Å². The predicted molar refractivity (Wildman–Crippen MR) is 52.6 cm³/mol. The van der Waals surface area contributed by atoms with Crippen LogP contribution in [0.3, 0.4) is 0 Å². The molecule has 0 amide bonds. The van der Waals surface area contributed by atoms with Crippen LogP contribution in [0, 0.1) is 6.92 Å². The molecule has 0 aliphatic carbocycles. The van der Waals surface area contributed by atoms with Gasteiger partial charge in [-0.15, -0.1) is 0 Å². The Bertz CT molecular complexity index is 317. The molecule has 0 unspecified atom stereocenters. The molecule has 0 bridgehead atoms. The molecule has 0 aromatic carbocycles. The van der Waals surface area contributed by atoms with Crippen LogP contribution in [-0.2, 0) is 11.3 Å². The quantitative estimate of drug-likeness (QED) is 0.728. The number of methoxy groups -OCH3 is 1. The fraction of sp³-hybridized carbons (Fsp3) is 0.500. The van der Waals surface area contributed by atoms with Crippen LogP contribution in [0.25, 0.3) is 0 Å². The summed E-state index contributed by atoms with van der Waals surface area (Å²) < 4.78 is 6.71.